The van der Waals surface area contributed by atoms with Crippen LogP contribution in [0.4, 0.5) is 0 Å². The van der Waals surface area contributed by atoms with E-state index in [1.54, 1.807) is 6.20 Å². The summed E-state index contributed by atoms with van der Waals surface area (Å²) in [6, 6.07) is 15.8. The number of benzene rings is 2. The molecule has 1 heterocycles. The van der Waals surface area contributed by atoms with Crippen molar-refractivity contribution in [3.8, 4) is 0 Å². The van der Waals surface area contributed by atoms with Crippen LogP contribution in [0, 0.1) is 6.92 Å². The zero-order chi connectivity index (χ0) is 18.5. The van der Waals surface area contributed by atoms with Crippen molar-refractivity contribution < 1.29 is 9.59 Å². The van der Waals surface area contributed by atoms with Crippen LogP contribution in [0.2, 0.25) is 0 Å². The fourth-order valence-corrected chi connectivity index (χ4v) is 2.98. The smallest absolute Gasteiger partial charge is 0.247 e. The van der Waals surface area contributed by atoms with Crippen LogP contribution in [0.1, 0.15) is 41.6 Å². The maximum Gasteiger partial charge on any atom is 0.247 e. The molecule has 0 unspecified atom stereocenters. The van der Waals surface area contributed by atoms with E-state index in [-0.39, 0.29) is 30.6 Å². The first kappa shape index (κ1) is 17.9. The number of nitrogens with zero attached hydrogens (tertiary/aromatic N) is 2. The first-order chi connectivity index (χ1) is 12.6. The lowest BCUT2D eigenvalue weighted by atomic mass is 10.0. The van der Waals surface area contributed by atoms with Crippen LogP contribution >= 0.6 is 0 Å². The quantitative estimate of drug-likeness (QED) is 0.738. The minimum atomic E-state index is -0.170. The Hall–Kier alpha value is -2.95. The Balaban J connectivity index is 1.52. The molecule has 0 saturated heterocycles. The Labute approximate surface area is 153 Å². The van der Waals surface area contributed by atoms with Crippen LogP contribution in [0.5, 0.6) is 0 Å². The van der Waals surface area contributed by atoms with Crippen LogP contribution in [0.3, 0.4) is 0 Å². The number of aryl methyl sites for hydroxylation is 1. The highest BCUT2D eigenvalue weighted by atomic mass is 16.2. The molecule has 1 amide bonds. The lowest BCUT2D eigenvalue weighted by Gasteiger charge is -2.13. The van der Waals surface area contributed by atoms with E-state index in [0.29, 0.717) is 6.54 Å². The molecule has 1 aromatic heterocycles. The van der Waals surface area contributed by atoms with Gasteiger partial charge < -0.3 is 5.32 Å². The Morgan fingerprint density at radius 3 is 2.62 bits per heavy atom. The number of hydrogen-bond donors (Lipinski definition) is 1. The monoisotopic (exact) mass is 349 g/mol. The van der Waals surface area contributed by atoms with E-state index >= 15 is 0 Å². The maximum atomic E-state index is 12.4. The normalized spacial score (nSPS) is 12.1. The molecule has 0 radical (unpaired) electrons. The molecule has 134 valence electrons. The van der Waals surface area contributed by atoms with Crippen molar-refractivity contribution in [3.05, 3.63) is 65.9 Å². The summed E-state index contributed by atoms with van der Waals surface area (Å²) < 4.78 is 1.39. The van der Waals surface area contributed by atoms with E-state index < -0.39 is 0 Å². The lowest BCUT2D eigenvalue weighted by Crippen LogP contribution is -2.28. The van der Waals surface area contributed by atoms with Crippen molar-refractivity contribution >= 4 is 22.7 Å². The average Bonchev–Trinajstić information content (AvgIpc) is 3.10. The predicted molar refractivity (Wildman–Crippen MR) is 102 cm³/mol. The highest BCUT2D eigenvalue weighted by Crippen LogP contribution is 2.18. The highest BCUT2D eigenvalue weighted by molar-refractivity contribution is 5.93. The number of amides is 1. The Morgan fingerprint density at radius 2 is 1.85 bits per heavy atom. The van der Waals surface area contributed by atoms with Crippen molar-refractivity contribution in [1.29, 1.82) is 0 Å². The largest absolute Gasteiger partial charge is 0.355 e. The molecule has 26 heavy (non-hydrogen) atoms. The summed E-state index contributed by atoms with van der Waals surface area (Å²) >= 11 is 0. The zero-order valence-corrected chi connectivity index (χ0v) is 15.1. The minimum absolute atomic E-state index is 0.117. The second-order valence-corrected chi connectivity index (χ2v) is 6.57. The molecule has 0 fully saturated rings. The van der Waals surface area contributed by atoms with E-state index in [2.05, 4.69) is 17.3 Å². The average molecular weight is 349 g/mol. The van der Waals surface area contributed by atoms with Gasteiger partial charge in [0.05, 0.1) is 11.7 Å². The first-order valence-corrected chi connectivity index (χ1v) is 8.84. The van der Waals surface area contributed by atoms with Gasteiger partial charge in [-0.3, -0.25) is 9.59 Å². The number of carbonyl (C=O) groups excluding carboxylic acids is 2. The Morgan fingerprint density at radius 1 is 1.08 bits per heavy atom. The summed E-state index contributed by atoms with van der Waals surface area (Å²) in [5, 5.41) is 8.05. The zero-order valence-electron chi connectivity index (χ0n) is 15.1. The Bertz CT molecular complexity index is 915. The van der Waals surface area contributed by atoms with Gasteiger partial charge in [0.25, 0.3) is 0 Å². The van der Waals surface area contributed by atoms with Crippen molar-refractivity contribution in [2.75, 3.05) is 6.54 Å². The van der Waals surface area contributed by atoms with E-state index in [4.69, 9.17) is 0 Å². The molecule has 2 aromatic carbocycles. The molecule has 0 bridgehead atoms. The number of rotatable bonds is 6. The van der Waals surface area contributed by atoms with Crippen LogP contribution in [0.15, 0.2) is 54.7 Å². The number of aromatic nitrogens is 2. The van der Waals surface area contributed by atoms with Crippen molar-refractivity contribution in [1.82, 2.24) is 15.1 Å². The third kappa shape index (κ3) is 3.99. The maximum absolute atomic E-state index is 12.4. The van der Waals surface area contributed by atoms with Crippen molar-refractivity contribution in [3.63, 3.8) is 0 Å². The van der Waals surface area contributed by atoms with Crippen LogP contribution in [-0.2, 0) is 4.79 Å². The summed E-state index contributed by atoms with van der Waals surface area (Å²) in [6.45, 7) is 4.61. The molecule has 3 aromatic rings. The Kier molecular flexibility index (Phi) is 5.46. The fourth-order valence-electron chi connectivity index (χ4n) is 2.98. The third-order valence-electron chi connectivity index (χ3n) is 4.61. The van der Waals surface area contributed by atoms with Crippen LogP contribution in [-0.4, -0.2) is 28.1 Å². The molecule has 1 atom stereocenters. The van der Waals surface area contributed by atoms with E-state index in [1.165, 1.54) is 10.2 Å². The molecule has 1 N–H and O–H groups in total. The fraction of sp³-hybridized carbons (Fsp3) is 0.286. The van der Waals surface area contributed by atoms with Gasteiger partial charge in [0, 0.05) is 24.8 Å². The molecule has 5 heteroatoms. The minimum Gasteiger partial charge on any atom is -0.355 e. The molecular weight excluding hydrogens is 326 g/mol. The number of fused-ring (bicyclic) bond motifs is 1. The van der Waals surface area contributed by atoms with Gasteiger partial charge in [-0.2, -0.15) is 5.10 Å². The number of hydrogen-bond acceptors (Lipinski definition) is 3. The van der Waals surface area contributed by atoms with Gasteiger partial charge in [-0.05, 0) is 30.0 Å². The standard InChI is InChI=1S/C21H23N3O2/c1-15-7-6-10-19-18(15)14-23-24(19)21(26)12-11-20(25)22-13-16(2)17-8-4-3-5-9-17/h3-10,14,16H,11-13H2,1-2H3,(H,22,25)/t16-/m0/s1. The first-order valence-electron chi connectivity index (χ1n) is 8.84. The molecule has 0 aliphatic carbocycles. The second kappa shape index (κ2) is 7.95. The third-order valence-corrected chi connectivity index (χ3v) is 4.61. The molecule has 0 aliphatic rings. The number of carbonyl (C=O) groups is 2. The van der Waals surface area contributed by atoms with Gasteiger partial charge in [-0.15, -0.1) is 0 Å². The molecule has 0 spiro atoms. The predicted octanol–water partition coefficient (Wildman–Crippen LogP) is 3.69. The highest BCUT2D eigenvalue weighted by Gasteiger charge is 2.14. The second-order valence-electron chi connectivity index (χ2n) is 6.57. The van der Waals surface area contributed by atoms with Gasteiger partial charge in [0.15, 0.2) is 0 Å². The van der Waals surface area contributed by atoms with Gasteiger partial charge in [0.1, 0.15) is 0 Å². The lowest BCUT2D eigenvalue weighted by molar-refractivity contribution is -0.121. The molecule has 3 rings (SSSR count). The number of nitrogens with one attached hydrogen (secondary N) is 1. The summed E-state index contributed by atoms with van der Waals surface area (Å²) in [7, 11) is 0. The summed E-state index contributed by atoms with van der Waals surface area (Å²) in [6.07, 6.45) is 1.99. The van der Waals surface area contributed by atoms with Crippen LogP contribution in [0.25, 0.3) is 10.9 Å². The SMILES string of the molecule is Cc1cccc2c1cnn2C(=O)CCC(=O)NC[C@H](C)c1ccccc1. The topological polar surface area (TPSA) is 64.0 Å². The summed E-state index contributed by atoms with van der Waals surface area (Å²) in [4.78, 5) is 24.5. The van der Waals surface area contributed by atoms with Gasteiger partial charge >= 0.3 is 0 Å². The summed E-state index contributed by atoms with van der Waals surface area (Å²) in [5.41, 5.74) is 3.05. The molecular formula is C21H23N3O2. The van der Waals surface area contributed by atoms with E-state index in [9.17, 15) is 9.59 Å². The van der Waals surface area contributed by atoms with Gasteiger partial charge in [-0.25, -0.2) is 4.68 Å². The van der Waals surface area contributed by atoms with Crippen molar-refractivity contribution in [2.24, 2.45) is 0 Å². The van der Waals surface area contributed by atoms with Gasteiger partial charge in [0.2, 0.25) is 11.8 Å². The molecule has 5 nitrogen and oxygen atoms in total. The molecule has 0 saturated carbocycles. The van der Waals surface area contributed by atoms with Crippen molar-refractivity contribution in [2.45, 2.75) is 32.6 Å². The van der Waals surface area contributed by atoms with Crippen LogP contribution < -0.4 is 5.32 Å². The summed E-state index contributed by atoms with van der Waals surface area (Å²) in [5.74, 6) is -0.0560. The van der Waals surface area contributed by atoms with E-state index in [0.717, 1.165) is 16.5 Å². The van der Waals surface area contributed by atoms with E-state index in [1.807, 2.05) is 55.5 Å². The van der Waals surface area contributed by atoms with Gasteiger partial charge in [-0.1, -0.05) is 49.4 Å². The molecule has 0 aliphatic heterocycles.